The predicted octanol–water partition coefficient (Wildman–Crippen LogP) is 3.42. The third kappa shape index (κ3) is 7.24. The van der Waals surface area contributed by atoms with Gasteiger partial charge in [0.25, 0.3) is 0 Å². The van der Waals surface area contributed by atoms with Crippen LogP contribution in [-0.4, -0.2) is 53.0 Å². The summed E-state index contributed by atoms with van der Waals surface area (Å²) >= 11 is 0. The van der Waals surface area contributed by atoms with Gasteiger partial charge >= 0.3 is 0 Å². The first-order chi connectivity index (χ1) is 15.0. The van der Waals surface area contributed by atoms with Crippen LogP contribution in [0, 0.1) is 5.82 Å². The quantitative estimate of drug-likeness (QED) is 0.418. The van der Waals surface area contributed by atoms with E-state index in [0.29, 0.717) is 48.5 Å². The van der Waals surface area contributed by atoms with Gasteiger partial charge in [-0.15, -0.1) is 0 Å². The highest BCUT2D eigenvalue weighted by atomic mass is 19.1. The molecule has 0 heterocycles. The number of guanidine groups is 1. The maximum Gasteiger partial charge on any atom is 0.203 e. The molecule has 2 N–H and O–H groups in total. The van der Waals surface area contributed by atoms with Crippen molar-refractivity contribution in [3.05, 3.63) is 47.8 Å². The lowest BCUT2D eigenvalue weighted by Crippen LogP contribution is -2.39. The van der Waals surface area contributed by atoms with Crippen LogP contribution in [0.1, 0.15) is 19.4 Å². The number of hydrogen-bond acceptors (Lipinski definition) is 5. The number of benzene rings is 2. The summed E-state index contributed by atoms with van der Waals surface area (Å²) in [6, 6.07) is 9.91. The minimum absolute atomic E-state index is 0.205. The first-order valence-electron chi connectivity index (χ1n) is 10.2. The molecule has 170 valence electrons. The second-order valence-electron chi connectivity index (χ2n) is 6.78. The van der Waals surface area contributed by atoms with Gasteiger partial charge in [0.05, 0.1) is 27.9 Å². The lowest BCUT2D eigenvalue weighted by Gasteiger charge is -2.17. The fourth-order valence-electron chi connectivity index (χ4n) is 3.05. The average Bonchev–Trinajstić information content (AvgIpc) is 2.76. The zero-order valence-electron chi connectivity index (χ0n) is 18.8. The summed E-state index contributed by atoms with van der Waals surface area (Å²) in [6.07, 6.45) is 0.492. The van der Waals surface area contributed by atoms with Crippen LogP contribution in [0.4, 0.5) is 4.39 Å². The maximum atomic E-state index is 13.3. The van der Waals surface area contributed by atoms with Gasteiger partial charge in [0.2, 0.25) is 5.75 Å². The normalized spacial score (nSPS) is 12.1. The van der Waals surface area contributed by atoms with E-state index in [1.165, 1.54) is 12.1 Å². The minimum atomic E-state index is -0.325. The Morgan fingerprint density at radius 1 is 1.03 bits per heavy atom. The predicted molar refractivity (Wildman–Crippen MR) is 120 cm³/mol. The zero-order chi connectivity index (χ0) is 22.6. The number of rotatable bonds is 11. The van der Waals surface area contributed by atoms with E-state index in [-0.39, 0.29) is 11.9 Å². The monoisotopic (exact) mass is 433 g/mol. The average molecular weight is 434 g/mol. The minimum Gasteiger partial charge on any atom is -0.493 e. The number of hydrogen-bond donors (Lipinski definition) is 2. The molecule has 31 heavy (non-hydrogen) atoms. The Hall–Kier alpha value is -3.16. The molecule has 0 bridgehead atoms. The molecule has 0 aliphatic carbocycles. The lowest BCUT2D eigenvalue weighted by atomic mass is 10.1. The highest BCUT2D eigenvalue weighted by Gasteiger charge is 2.15. The molecular weight excluding hydrogens is 401 g/mol. The molecule has 1 unspecified atom stereocenters. The summed E-state index contributed by atoms with van der Waals surface area (Å²) in [5.74, 6) is 2.69. The standard InChI is InChI=1S/C23H32FN3O4/c1-6-25-23(27-15-16(2)31-19-9-7-8-18(24)14-19)26-13-12-17-10-11-20(28-3)22(30-5)21(17)29-4/h7-11,14,16H,6,12-13,15H2,1-5H3,(H2,25,26,27). The molecule has 0 fully saturated rings. The first kappa shape index (κ1) is 24.1. The van der Waals surface area contributed by atoms with E-state index in [2.05, 4.69) is 15.6 Å². The van der Waals surface area contributed by atoms with E-state index in [9.17, 15) is 4.39 Å². The van der Waals surface area contributed by atoms with Crippen LogP contribution in [0.15, 0.2) is 41.4 Å². The molecule has 2 aromatic rings. The van der Waals surface area contributed by atoms with E-state index in [0.717, 1.165) is 12.1 Å². The molecule has 8 heteroatoms. The second-order valence-corrected chi connectivity index (χ2v) is 6.78. The molecule has 2 aromatic carbocycles. The van der Waals surface area contributed by atoms with Crippen molar-refractivity contribution in [2.75, 3.05) is 41.0 Å². The van der Waals surface area contributed by atoms with Crippen molar-refractivity contribution in [2.45, 2.75) is 26.4 Å². The van der Waals surface area contributed by atoms with Gasteiger partial charge in [0, 0.05) is 24.7 Å². The van der Waals surface area contributed by atoms with Gasteiger partial charge in [-0.05, 0) is 38.5 Å². The molecule has 0 radical (unpaired) electrons. The molecule has 7 nitrogen and oxygen atoms in total. The van der Waals surface area contributed by atoms with Crippen LogP contribution in [0.3, 0.4) is 0 Å². The summed E-state index contributed by atoms with van der Waals surface area (Å²) in [4.78, 5) is 4.57. The molecule has 1 atom stereocenters. The van der Waals surface area contributed by atoms with Crippen molar-refractivity contribution in [3.8, 4) is 23.0 Å². The molecule has 0 saturated heterocycles. The van der Waals surface area contributed by atoms with Crippen LogP contribution in [0.5, 0.6) is 23.0 Å². The molecular formula is C23H32FN3O4. The van der Waals surface area contributed by atoms with Crippen molar-refractivity contribution in [3.63, 3.8) is 0 Å². The molecule has 2 rings (SSSR count). The summed E-state index contributed by atoms with van der Waals surface area (Å²) in [5.41, 5.74) is 0.992. The van der Waals surface area contributed by atoms with Gasteiger partial charge < -0.3 is 29.6 Å². The summed E-state index contributed by atoms with van der Waals surface area (Å²) in [7, 11) is 4.79. The van der Waals surface area contributed by atoms with Gasteiger partial charge in [0.1, 0.15) is 17.7 Å². The van der Waals surface area contributed by atoms with Gasteiger partial charge in [-0.3, -0.25) is 0 Å². The zero-order valence-corrected chi connectivity index (χ0v) is 18.8. The van der Waals surface area contributed by atoms with Crippen molar-refractivity contribution in [2.24, 2.45) is 4.99 Å². The number of nitrogens with zero attached hydrogens (tertiary/aromatic N) is 1. The van der Waals surface area contributed by atoms with Crippen LogP contribution in [0.25, 0.3) is 0 Å². The largest absolute Gasteiger partial charge is 0.493 e. The van der Waals surface area contributed by atoms with Crippen LogP contribution in [-0.2, 0) is 6.42 Å². The van der Waals surface area contributed by atoms with Gasteiger partial charge in [-0.2, -0.15) is 0 Å². The lowest BCUT2D eigenvalue weighted by molar-refractivity contribution is 0.229. The Balaban J connectivity index is 1.96. The fourth-order valence-corrected chi connectivity index (χ4v) is 3.05. The Labute approximate surface area is 183 Å². The molecule has 0 aromatic heterocycles. The Kier molecular flexibility index (Phi) is 9.74. The van der Waals surface area contributed by atoms with Crippen LogP contribution in [0.2, 0.25) is 0 Å². The molecule has 0 spiro atoms. The Morgan fingerprint density at radius 2 is 1.81 bits per heavy atom. The Morgan fingerprint density at radius 3 is 2.45 bits per heavy atom. The third-order valence-electron chi connectivity index (χ3n) is 4.46. The van der Waals surface area contributed by atoms with Crippen molar-refractivity contribution in [1.82, 2.24) is 10.6 Å². The van der Waals surface area contributed by atoms with E-state index >= 15 is 0 Å². The summed E-state index contributed by atoms with van der Waals surface area (Å²) < 4.78 is 35.3. The topological polar surface area (TPSA) is 73.3 Å². The maximum absolute atomic E-state index is 13.3. The summed E-state index contributed by atoms with van der Waals surface area (Å²) in [6.45, 7) is 5.68. The van der Waals surface area contributed by atoms with E-state index in [1.54, 1.807) is 33.5 Å². The van der Waals surface area contributed by atoms with Crippen LogP contribution < -0.4 is 29.6 Å². The molecule has 0 aliphatic heterocycles. The molecule has 0 saturated carbocycles. The number of ether oxygens (including phenoxy) is 4. The number of aliphatic imine (C=N–C) groups is 1. The number of halogens is 1. The van der Waals surface area contributed by atoms with E-state index in [4.69, 9.17) is 18.9 Å². The SMILES string of the molecule is CCNC(=NCC(C)Oc1cccc(F)c1)NCCc1ccc(OC)c(OC)c1OC. The highest BCUT2D eigenvalue weighted by molar-refractivity contribution is 5.79. The van der Waals surface area contributed by atoms with Gasteiger partial charge in [-0.1, -0.05) is 12.1 Å². The smallest absolute Gasteiger partial charge is 0.203 e. The fraction of sp³-hybridized carbons (Fsp3) is 0.435. The van der Waals surface area contributed by atoms with Crippen LogP contribution >= 0.6 is 0 Å². The number of methoxy groups -OCH3 is 3. The van der Waals surface area contributed by atoms with Gasteiger partial charge in [-0.25, -0.2) is 9.38 Å². The van der Waals surface area contributed by atoms with Crippen molar-refractivity contribution in [1.29, 1.82) is 0 Å². The molecule has 0 aliphatic rings. The third-order valence-corrected chi connectivity index (χ3v) is 4.46. The van der Waals surface area contributed by atoms with Crippen molar-refractivity contribution >= 4 is 5.96 Å². The first-order valence-corrected chi connectivity index (χ1v) is 10.2. The molecule has 0 amide bonds. The Bertz CT molecular complexity index is 861. The van der Waals surface area contributed by atoms with Crippen molar-refractivity contribution < 1.29 is 23.3 Å². The van der Waals surface area contributed by atoms with E-state index < -0.39 is 0 Å². The van der Waals surface area contributed by atoms with E-state index in [1.807, 2.05) is 26.0 Å². The summed E-state index contributed by atoms with van der Waals surface area (Å²) in [5, 5.41) is 6.52. The number of nitrogens with one attached hydrogen (secondary N) is 2. The highest BCUT2D eigenvalue weighted by Crippen LogP contribution is 2.39. The second kappa shape index (κ2) is 12.5. The van der Waals surface area contributed by atoms with Gasteiger partial charge in [0.15, 0.2) is 17.5 Å².